The maximum atomic E-state index is 5.47. The van der Waals surface area contributed by atoms with Crippen molar-refractivity contribution >= 4 is 15.9 Å². The number of hydrogen-bond donors (Lipinski definition) is 0. The molecule has 1 saturated carbocycles. The van der Waals surface area contributed by atoms with Gasteiger partial charge >= 0.3 is 0 Å². The Morgan fingerprint density at radius 3 is 2.65 bits per heavy atom. The van der Waals surface area contributed by atoms with E-state index >= 15 is 0 Å². The molecule has 1 fully saturated rings. The van der Waals surface area contributed by atoms with Gasteiger partial charge in [-0.05, 0) is 65.7 Å². The van der Waals surface area contributed by atoms with Gasteiger partial charge < -0.3 is 4.74 Å². The number of benzene rings is 1. The molecule has 0 unspecified atom stereocenters. The molecule has 2 heteroatoms. The molecule has 1 nitrogen and oxygen atoms in total. The number of methoxy groups -OCH3 is 1. The Labute approximate surface area is 131 Å². The lowest BCUT2D eigenvalue weighted by Gasteiger charge is -2.56. The largest absolute Gasteiger partial charge is 0.497 e. The third-order valence-electron chi connectivity index (χ3n) is 6.03. The Hall–Kier alpha value is -0.500. The molecule has 0 heterocycles. The molecular formula is C18H25BrO. The summed E-state index contributed by atoms with van der Waals surface area (Å²) in [7, 11) is 1.77. The molecule has 2 aliphatic rings. The van der Waals surface area contributed by atoms with E-state index in [1.54, 1.807) is 12.7 Å². The Morgan fingerprint density at radius 2 is 1.95 bits per heavy atom. The standard InChI is InChI=1S/C18H25BrO/c1-17(2)15-8-6-12-5-7-13(20-4)11-14(12)18(15,3)10-9-16(17)19/h5,7,11,15-16H,6,8-10H2,1-4H3/t15-,16-,18+/m0/s1. The Balaban J connectivity index is 2.10. The van der Waals surface area contributed by atoms with E-state index in [4.69, 9.17) is 4.74 Å². The molecule has 3 atom stereocenters. The highest BCUT2D eigenvalue weighted by Crippen LogP contribution is 2.58. The van der Waals surface area contributed by atoms with Crippen molar-refractivity contribution in [2.24, 2.45) is 11.3 Å². The average molecular weight is 337 g/mol. The van der Waals surface area contributed by atoms with Crippen LogP contribution in [0, 0.1) is 11.3 Å². The first kappa shape index (κ1) is 14.4. The van der Waals surface area contributed by atoms with E-state index in [-0.39, 0.29) is 0 Å². The van der Waals surface area contributed by atoms with Gasteiger partial charge in [0, 0.05) is 4.83 Å². The zero-order valence-electron chi connectivity index (χ0n) is 13.0. The number of aryl methyl sites for hydroxylation is 1. The predicted octanol–water partition coefficient (Wildman–Crippen LogP) is 5.10. The van der Waals surface area contributed by atoms with Crippen LogP contribution in [-0.4, -0.2) is 11.9 Å². The molecule has 0 spiro atoms. The van der Waals surface area contributed by atoms with Crippen molar-refractivity contribution in [3.63, 3.8) is 0 Å². The van der Waals surface area contributed by atoms with Crippen LogP contribution in [0.1, 0.15) is 51.2 Å². The summed E-state index contributed by atoms with van der Waals surface area (Å²) in [4.78, 5) is 0.639. The summed E-state index contributed by atoms with van der Waals surface area (Å²) >= 11 is 3.94. The number of fused-ring (bicyclic) bond motifs is 3. The average Bonchev–Trinajstić information content (AvgIpc) is 2.43. The topological polar surface area (TPSA) is 9.23 Å². The maximum absolute atomic E-state index is 5.47. The SMILES string of the molecule is COc1ccc2c(c1)[C@@]1(C)CC[C@H](Br)C(C)(C)[C@@H]1CC2. The molecule has 3 rings (SSSR count). The van der Waals surface area contributed by atoms with Gasteiger partial charge in [0.25, 0.3) is 0 Å². The predicted molar refractivity (Wildman–Crippen MR) is 87.9 cm³/mol. The summed E-state index contributed by atoms with van der Waals surface area (Å²) in [6.07, 6.45) is 5.06. The highest BCUT2D eigenvalue weighted by atomic mass is 79.9. The molecule has 0 radical (unpaired) electrons. The molecule has 0 saturated heterocycles. The minimum atomic E-state index is 0.301. The van der Waals surface area contributed by atoms with E-state index in [2.05, 4.69) is 54.9 Å². The van der Waals surface area contributed by atoms with Gasteiger partial charge in [-0.2, -0.15) is 0 Å². The van der Waals surface area contributed by atoms with Gasteiger partial charge in [0.15, 0.2) is 0 Å². The van der Waals surface area contributed by atoms with Crippen LogP contribution < -0.4 is 4.74 Å². The van der Waals surface area contributed by atoms with Crippen molar-refractivity contribution < 1.29 is 4.74 Å². The fourth-order valence-electron chi connectivity index (χ4n) is 4.76. The highest BCUT2D eigenvalue weighted by molar-refractivity contribution is 9.09. The lowest BCUT2D eigenvalue weighted by Crippen LogP contribution is -2.52. The second kappa shape index (κ2) is 4.76. The third-order valence-corrected chi connectivity index (χ3v) is 7.66. The van der Waals surface area contributed by atoms with Crippen LogP contribution in [0.15, 0.2) is 18.2 Å². The summed E-state index contributed by atoms with van der Waals surface area (Å²) < 4.78 is 5.47. The van der Waals surface area contributed by atoms with Gasteiger partial charge in [-0.25, -0.2) is 0 Å². The van der Waals surface area contributed by atoms with Crippen molar-refractivity contribution in [2.45, 2.75) is 56.7 Å². The van der Waals surface area contributed by atoms with Crippen LogP contribution in [-0.2, 0) is 11.8 Å². The van der Waals surface area contributed by atoms with Crippen LogP contribution in [0.4, 0.5) is 0 Å². The maximum Gasteiger partial charge on any atom is 0.119 e. The number of hydrogen-bond acceptors (Lipinski definition) is 1. The van der Waals surface area contributed by atoms with Crippen molar-refractivity contribution in [2.75, 3.05) is 7.11 Å². The van der Waals surface area contributed by atoms with Crippen LogP contribution in [0.3, 0.4) is 0 Å². The van der Waals surface area contributed by atoms with E-state index in [1.165, 1.54) is 31.2 Å². The van der Waals surface area contributed by atoms with Crippen molar-refractivity contribution in [3.8, 4) is 5.75 Å². The van der Waals surface area contributed by atoms with Crippen LogP contribution >= 0.6 is 15.9 Å². The van der Waals surface area contributed by atoms with Gasteiger partial charge in [0.05, 0.1) is 7.11 Å². The fourth-order valence-corrected chi connectivity index (χ4v) is 5.31. The minimum absolute atomic E-state index is 0.301. The van der Waals surface area contributed by atoms with E-state index in [1.807, 2.05) is 0 Å². The monoisotopic (exact) mass is 336 g/mol. The molecule has 0 aliphatic heterocycles. The van der Waals surface area contributed by atoms with E-state index in [9.17, 15) is 0 Å². The molecule has 20 heavy (non-hydrogen) atoms. The lowest BCUT2D eigenvalue weighted by molar-refractivity contribution is 0.0491. The molecule has 0 aromatic heterocycles. The molecule has 1 aromatic rings. The summed E-state index contributed by atoms with van der Waals surface area (Å²) in [5.74, 6) is 1.75. The van der Waals surface area contributed by atoms with E-state index in [0.717, 1.165) is 11.7 Å². The highest BCUT2D eigenvalue weighted by Gasteiger charge is 2.52. The van der Waals surface area contributed by atoms with Crippen LogP contribution in [0.2, 0.25) is 0 Å². The number of halogens is 1. The molecular weight excluding hydrogens is 312 g/mol. The Kier molecular flexibility index (Phi) is 3.44. The molecule has 0 amide bonds. The number of alkyl halides is 1. The van der Waals surface area contributed by atoms with Crippen molar-refractivity contribution in [1.82, 2.24) is 0 Å². The quantitative estimate of drug-likeness (QED) is 0.648. The second-order valence-electron chi connectivity index (χ2n) is 7.36. The van der Waals surface area contributed by atoms with Gasteiger partial charge in [0.1, 0.15) is 5.75 Å². The first-order chi connectivity index (χ1) is 9.39. The summed E-state index contributed by atoms with van der Waals surface area (Å²) in [5.41, 5.74) is 3.73. The van der Waals surface area contributed by atoms with Gasteiger partial charge in [-0.3, -0.25) is 0 Å². The summed E-state index contributed by atoms with van der Waals surface area (Å²) in [5, 5.41) is 0. The zero-order chi connectivity index (χ0) is 14.5. The first-order valence-corrected chi connectivity index (χ1v) is 8.62. The molecule has 110 valence electrons. The third kappa shape index (κ3) is 1.94. The molecule has 0 bridgehead atoms. The van der Waals surface area contributed by atoms with E-state index < -0.39 is 0 Å². The van der Waals surface area contributed by atoms with Gasteiger partial charge in [0.2, 0.25) is 0 Å². The van der Waals surface area contributed by atoms with E-state index in [0.29, 0.717) is 15.7 Å². The molecule has 1 aromatic carbocycles. The Morgan fingerprint density at radius 1 is 1.20 bits per heavy atom. The molecule has 0 N–H and O–H groups in total. The van der Waals surface area contributed by atoms with Gasteiger partial charge in [-0.15, -0.1) is 0 Å². The first-order valence-electron chi connectivity index (χ1n) is 7.71. The summed E-state index contributed by atoms with van der Waals surface area (Å²) in [6, 6.07) is 6.69. The van der Waals surface area contributed by atoms with Gasteiger partial charge in [-0.1, -0.05) is 42.8 Å². The number of rotatable bonds is 1. The summed E-state index contributed by atoms with van der Waals surface area (Å²) in [6.45, 7) is 7.37. The number of ether oxygens (including phenoxy) is 1. The van der Waals surface area contributed by atoms with Crippen molar-refractivity contribution in [3.05, 3.63) is 29.3 Å². The van der Waals surface area contributed by atoms with Crippen LogP contribution in [0.5, 0.6) is 5.75 Å². The normalized spacial score (nSPS) is 35.0. The zero-order valence-corrected chi connectivity index (χ0v) is 14.6. The fraction of sp³-hybridized carbons (Fsp3) is 0.667. The minimum Gasteiger partial charge on any atom is -0.497 e. The van der Waals surface area contributed by atoms with Crippen molar-refractivity contribution in [1.29, 1.82) is 0 Å². The lowest BCUT2D eigenvalue weighted by atomic mass is 9.50. The second-order valence-corrected chi connectivity index (χ2v) is 8.46. The Bertz CT molecular complexity index is 522. The van der Waals surface area contributed by atoms with Crippen LogP contribution in [0.25, 0.3) is 0 Å². The smallest absolute Gasteiger partial charge is 0.119 e. The molecule has 2 aliphatic carbocycles.